The molecule has 1 heterocycles. The Morgan fingerprint density at radius 1 is 0.967 bits per heavy atom. The van der Waals surface area contributed by atoms with E-state index in [-0.39, 0.29) is 37.2 Å². The molecule has 0 atom stereocenters. The Hall–Kier alpha value is -4.03. The van der Waals surface area contributed by atoms with Gasteiger partial charge in [-0.05, 0) is 20.8 Å². The van der Waals surface area contributed by atoms with Gasteiger partial charge in [-0.3, -0.25) is 10.1 Å². The number of nitrogens with one attached hydrogen (secondary N) is 2. The molecular formula is C17H21N5O8. The van der Waals surface area contributed by atoms with E-state index in [2.05, 4.69) is 20.6 Å². The molecule has 0 aliphatic rings. The smallest absolute Gasteiger partial charge is 0.356 e. The maximum atomic E-state index is 12.1. The molecule has 0 radical (unpaired) electrons. The Kier molecular flexibility index (Phi) is 9.95. The van der Waals surface area contributed by atoms with E-state index < -0.39 is 28.4 Å². The molecule has 0 aromatic carbocycles. The van der Waals surface area contributed by atoms with E-state index in [1.807, 2.05) is 0 Å². The van der Waals surface area contributed by atoms with Crippen molar-refractivity contribution in [3.63, 3.8) is 0 Å². The third-order valence-corrected chi connectivity index (χ3v) is 3.05. The van der Waals surface area contributed by atoms with E-state index >= 15 is 0 Å². The minimum atomic E-state index is -0.946. The number of carbonyl (C=O) groups excluding carboxylic acids is 3. The zero-order valence-electron chi connectivity index (χ0n) is 16.5. The summed E-state index contributed by atoms with van der Waals surface area (Å²) in [7, 11) is 0. The van der Waals surface area contributed by atoms with Gasteiger partial charge in [0.1, 0.15) is 18.1 Å². The quantitative estimate of drug-likeness (QED) is 0.0976. The van der Waals surface area contributed by atoms with Crippen LogP contribution in [0.2, 0.25) is 0 Å². The largest absolute Gasteiger partial charge is 0.462 e. The van der Waals surface area contributed by atoms with Gasteiger partial charge in [-0.1, -0.05) is 0 Å². The molecule has 30 heavy (non-hydrogen) atoms. The minimum absolute atomic E-state index is 0.0230. The Balaban J connectivity index is 3.10. The van der Waals surface area contributed by atoms with Crippen LogP contribution in [0, 0.1) is 10.1 Å². The lowest BCUT2D eigenvalue weighted by Gasteiger charge is -2.10. The van der Waals surface area contributed by atoms with Gasteiger partial charge >= 0.3 is 23.6 Å². The standard InChI is InChI=1S/C17H21N5O8/c1-4-28-14(23)12(15(24)29-5-2)9-18-13(16(25)30-6-3)10-21-17-19-7-11(8-20-17)22(26)27/h7-10,18H,4-6H2,1-3H3,(H,19,20,21)/b13-10-. The summed E-state index contributed by atoms with van der Waals surface area (Å²) in [6, 6.07) is 0. The number of nitrogens with zero attached hydrogens (tertiary/aromatic N) is 3. The van der Waals surface area contributed by atoms with Crippen LogP contribution >= 0.6 is 0 Å². The molecule has 0 aliphatic heterocycles. The molecule has 13 heteroatoms. The number of rotatable bonds is 11. The third kappa shape index (κ3) is 7.53. The van der Waals surface area contributed by atoms with Crippen molar-refractivity contribution in [1.82, 2.24) is 15.3 Å². The molecule has 0 saturated carbocycles. The summed E-state index contributed by atoms with van der Waals surface area (Å²) in [6.45, 7) is 4.81. The predicted octanol–water partition coefficient (Wildman–Crippen LogP) is 0.801. The Labute approximate surface area is 171 Å². The highest BCUT2D eigenvalue weighted by molar-refractivity contribution is 6.14. The van der Waals surface area contributed by atoms with Crippen LogP contribution in [0.15, 0.2) is 36.1 Å². The lowest BCUT2D eigenvalue weighted by molar-refractivity contribution is -0.385. The van der Waals surface area contributed by atoms with Gasteiger partial charge in [-0.15, -0.1) is 0 Å². The predicted molar refractivity (Wildman–Crippen MR) is 102 cm³/mol. The lowest BCUT2D eigenvalue weighted by atomic mass is 10.3. The van der Waals surface area contributed by atoms with E-state index in [0.29, 0.717) is 0 Å². The first-order valence-corrected chi connectivity index (χ1v) is 8.75. The number of hydrogen-bond donors (Lipinski definition) is 2. The number of nitro groups is 1. The van der Waals surface area contributed by atoms with Crippen molar-refractivity contribution < 1.29 is 33.5 Å². The van der Waals surface area contributed by atoms with Crippen molar-refractivity contribution in [2.75, 3.05) is 25.1 Å². The second-order valence-corrected chi connectivity index (χ2v) is 5.09. The van der Waals surface area contributed by atoms with Gasteiger partial charge in [0.2, 0.25) is 5.95 Å². The highest BCUT2D eigenvalue weighted by atomic mass is 16.6. The van der Waals surface area contributed by atoms with Crippen molar-refractivity contribution in [3.05, 3.63) is 46.2 Å². The molecule has 13 nitrogen and oxygen atoms in total. The van der Waals surface area contributed by atoms with Crippen LogP contribution in [-0.4, -0.2) is 52.6 Å². The maximum absolute atomic E-state index is 12.1. The number of aromatic nitrogens is 2. The lowest BCUT2D eigenvalue weighted by Crippen LogP contribution is -2.24. The molecule has 2 N–H and O–H groups in total. The fourth-order valence-corrected chi connectivity index (χ4v) is 1.76. The number of carbonyl (C=O) groups is 3. The van der Waals surface area contributed by atoms with Crippen molar-refractivity contribution in [2.24, 2.45) is 0 Å². The summed E-state index contributed by atoms with van der Waals surface area (Å²) in [5.74, 6) is -2.77. The normalized spacial score (nSPS) is 10.4. The number of esters is 3. The summed E-state index contributed by atoms with van der Waals surface area (Å²) in [5.41, 5.74) is -1.00. The van der Waals surface area contributed by atoms with Crippen molar-refractivity contribution in [2.45, 2.75) is 20.8 Å². The van der Waals surface area contributed by atoms with E-state index in [1.54, 1.807) is 20.8 Å². The molecule has 0 fully saturated rings. The molecule has 0 amide bonds. The fourth-order valence-electron chi connectivity index (χ4n) is 1.76. The molecule has 0 saturated heterocycles. The van der Waals surface area contributed by atoms with Gasteiger partial charge in [0, 0.05) is 12.4 Å². The fraction of sp³-hybridized carbons (Fsp3) is 0.353. The zero-order valence-corrected chi connectivity index (χ0v) is 16.5. The van der Waals surface area contributed by atoms with Gasteiger partial charge in [0.15, 0.2) is 5.57 Å². The van der Waals surface area contributed by atoms with Gasteiger partial charge in [-0.2, -0.15) is 0 Å². The number of anilines is 1. The summed E-state index contributed by atoms with van der Waals surface area (Å²) < 4.78 is 14.5. The van der Waals surface area contributed by atoms with Crippen LogP contribution in [-0.2, 0) is 28.6 Å². The van der Waals surface area contributed by atoms with E-state index in [0.717, 1.165) is 24.8 Å². The molecule has 0 unspecified atom stereocenters. The van der Waals surface area contributed by atoms with Gasteiger partial charge in [0.05, 0.1) is 24.7 Å². The molecule has 0 bridgehead atoms. The Bertz CT molecular complexity index is 815. The van der Waals surface area contributed by atoms with Gasteiger partial charge < -0.3 is 24.8 Å². The summed E-state index contributed by atoms with van der Waals surface area (Å²) in [5, 5.41) is 15.7. The summed E-state index contributed by atoms with van der Waals surface area (Å²) in [6.07, 6.45) is 3.99. The first-order valence-electron chi connectivity index (χ1n) is 8.75. The van der Waals surface area contributed by atoms with Crippen LogP contribution in [0.1, 0.15) is 20.8 Å². The van der Waals surface area contributed by atoms with Crippen LogP contribution in [0.5, 0.6) is 0 Å². The number of hydrogen-bond acceptors (Lipinski definition) is 12. The first kappa shape index (κ1) is 24.0. The maximum Gasteiger partial charge on any atom is 0.356 e. The van der Waals surface area contributed by atoms with Crippen LogP contribution in [0.3, 0.4) is 0 Å². The molecule has 1 aromatic heterocycles. The Morgan fingerprint density at radius 3 is 1.93 bits per heavy atom. The summed E-state index contributed by atoms with van der Waals surface area (Å²) in [4.78, 5) is 53.5. The third-order valence-electron chi connectivity index (χ3n) is 3.05. The van der Waals surface area contributed by atoms with E-state index in [1.165, 1.54) is 0 Å². The monoisotopic (exact) mass is 423 g/mol. The second kappa shape index (κ2) is 12.4. The van der Waals surface area contributed by atoms with Gasteiger partial charge in [-0.25, -0.2) is 24.4 Å². The Morgan fingerprint density at radius 2 is 1.47 bits per heavy atom. The van der Waals surface area contributed by atoms with Crippen molar-refractivity contribution >= 4 is 29.5 Å². The van der Waals surface area contributed by atoms with Crippen LogP contribution in [0.4, 0.5) is 11.6 Å². The van der Waals surface area contributed by atoms with Gasteiger partial charge in [0.25, 0.3) is 0 Å². The average Bonchev–Trinajstić information content (AvgIpc) is 2.71. The highest BCUT2D eigenvalue weighted by Crippen LogP contribution is 2.09. The van der Waals surface area contributed by atoms with E-state index in [4.69, 9.17) is 14.2 Å². The van der Waals surface area contributed by atoms with Crippen molar-refractivity contribution in [3.8, 4) is 0 Å². The SMILES string of the molecule is CCOC(=O)C(=CN/C(=C\Nc1ncc([N+](=O)[O-])cn1)C(=O)OCC)C(=O)OCC. The van der Waals surface area contributed by atoms with E-state index in [9.17, 15) is 24.5 Å². The molecule has 1 aromatic rings. The average molecular weight is 423 g/mol. The highest BCUT2D eigenvalue weighted by Gasteiger charge is 2.22. The summed E-state index contributed by atoms with van der Waals surface area (Å²) >= 11 is 0. The molecule has 162 valence electrons. The first-order chi connectivity index (χ1) is 14.3. The molecule has 1 rings (SSSR count). The zero-order chi connectivity index (χ0) is 22.5. The molecular weight excluding hydrogens is 402 g/mol. The molecule has 0 aliphatic carbocycles. The second-order valence-electron chi connectivity index (χ2n) is 5.09. The molecule has 0 spiro atoms. The van der Waals surface area contributed by atoms with Crippen LogP contribution < -0.4 is 10.6 Å². The number of ether oxygens (including phenoxy) is 3. The van der Waals surface area contributed by atoms with Crippen LogP contribution in [0.25, 0.3) is 0 Å². The minimum Gasteiger partial charge on any atom is -0.462 e. The topological polar surface area (TPSA) is 172 Å². The van der Waals surface area contributed by atoms with Crippen molar-refractivity contribution in [1.29, 1.82) is 0 Å².